The first-order valence-electron chi connectivity index (χ1n) is 24.9. The average Bonchev–Trinajstić information content (AvgIpc) is 3.35. The molecule has 0 saturated carbocycles. The van der Waals surface area contributed by atoms with Crippen molar-refractivity contribution < 1.29 is 43.2 Å². The van der Waals surface area contributed by atoms with E-state index in [1.807, 2.05) is 0 Å². The molecular weight excluding hydrogens is 941 g/mol. The fourth-order valence-electron chi connectivity index (χ4n) is 6.92. The standard InChI is InChI=1S/C50H82N14O9/c1-5-20-34(52)44(67)57-31-17-12-25-39(62-46(69)36(54)22-7-3)48(71)60-33-19-13-26-40(49(72)59-30-16-9-10-28-42(65)61-38(43(56)66)24-11-15-29-51)64-50(73)41(63-47(70)37(55)23-8-4)27-14-18-32-58-45(68)35(53)21-6-2/h1-4,34-41H,9-33,51-55H2,(H2,56,66)(H,57,67)(H,58,68)(H,59,72)(H,60,71)(H,61,65)(H,62,69)(H,63,70)(H,64,73). The molecule has 0 fully saturated rings. The lowest BCUT2D eigenvalue weighted by molar-refractivity contribution is -0.132. The molecule has 8 unspecified atom stereocenters. The minimum Gasteiger partial charge on any atom is -0.368 e. The van der Waals surface area contributed by atoms with E-state index in [2.05, 4.69) is 66.2 Å². The Hall–Kier alpha value is -6.73. The fourth-order valence-corrected chi connectivity index (χ4v) is 6.92. The SMILES string of the molecule is C#CCC(N)C(=O)NCCCCC(NC(=O)C(N)CC#C)C(=O)NCCCCC(NC(=O)C(CCCCNC(=O)C(N)CC#C)NC(=O)C(N)CC#C)C(=O)NCCCCCC(=O)NC(CCCCN)C(N)=O. The predicted molar refractivity (Wildman–Crippen MR) is 278 cm³/mol. The molecule has 0 aromatic rings. The summed E-state index contributed by atoms with van der Waals surface area (Å²) in [4.78, 5) is 115. The Morgan fingerprint density at radius 2 is 0.685 bits per heavy atom. The van der Waals surface area contributed by atoms with Crippen molar-refractivity contribution in [1.29, 1.82) is 0 Å². The van der Waals surface area contributed by atoms with Crippen molar-refractivity contribution in [3.05, 3.63) is 0 Å². The highest BCUT2D eigenvalue weighted by Crippen LogP contribution is 2.09. The third-order valence-corrected chi connectivity index (χ3v) is 11.3. The molecule has 0 rings (SSSR count). The molecule has 0 heterocycles. The number of nitrogens with one attached hydrogen (secondary N) is 8. The van der Waals surface area contributed by atoms with Crippen molar-refractivity contribution in [1.82, 2.24) is 42.5 Å². The van der Waals surface area contributed by atoms with Crippen molar-refractivity contribution in [2.45, 2.75) is 177 Å². The van der Waals surface area contributed by atoms with Crippen LogP contribution >= 0.6 is 0 Å². The highest BCUT2D eigenvalue weighted by molar-refractivity contribution is 5.93. The maximum Gasteiger partial charge on any atom is 0.243 e. The summed E-state index contributed by atoms with van der Waals surface area (Å²) >= 11 is 0. The van der Waals surface area contributed by atoms with Crippen LogP contribution < -0.4 is 76.9 Å². The predicted octanol–water partition coefficient (Wildman–Crippen LogP) is -3.52. The zero-order chi connectivity index (χ0) is 55.0. The van der Waals surface area contributed by atoms with Crippen molar-refractivity contribution in [2.24, 2.45) is 34.4 Å². The fraction of sp³-hybridized carbons (Fsp3) is 0.660. The summed E-state index contributed by atoms with van der Waals surface area (Å²) in [7, 11) is 0. The zero-order valence-electron chi connectivity index (χ0n) is 42.2. The van der Waals surface area contributed by atoms with Crippen LogP contribution in [0.3, 0.4) is 0 Å². The largest absolute Gasteiger partial charge is 0.368 e. The van der Waals surface area contributed by atoms with E-state index in [4.69, 9.17) is 60.1 Å². The molecule has 20 N–H and O–H groups in total. The number of hydrogen-bond acceptors (Lipinski definition) is 14. The number of nitrogens with two attached hydrogens (primary N) is 6. The monoisotopic (exact) mass is 1020 g/mol. The summed E-state index contributed by atoms with van der Waals surface area (Å²) in [5.41, 5.74) is 34.3. The summed E-state index contributed by atoms with van der Waals surface area (Å²) in [6, 6.07) is -7.96. The van der Waals surface area contributed by atoms with E-state index in [1.54, 1.807) is 0 Å². The first-order chi connectivity index (χ1) is 34.9. The second-order valence-electron chi connectivity index (χ2n) is 17.5. The third-order valence-electron chi connectivity index (χ3n) is 11.3. The van der Waals surface area contributed by atoms with Crippen LogP contribution in [-0.4, -0.2) is 134 Å². The lowest BCUT2D eigenvalue weighted by atomic mass is 10.0. The van der Waals surface area contributed by atoms with Crippen LogP contribution in [0.4, 0.5) is 0 Å². The van der Waals surface area contributed by atoms with Crippen LogP contribution in [0.15, 0.2) is 0 Å². The number of unbranched alkanes of at least 4 members (excludes halogenated alkanes) is 6. The number of primary amides is 1. The molecule has 9 amide bonds. The molecule has 8 atom stereocenters. The van der Waals surface area contributed by atoms with Gasteiger partial charge in [-0.2, -0.15) is 0 Å². The van der Waals surface area contributed by atoms with Gasteiger partial charge in [0, 0.05) is 58.3 Å². The third kappa shape index (κ3) is 31.4. The lowest BCUT2D eigenvalue weighted by Crippen LogP contribution is -2.55. The highest BCUT2D eigenvalue weighted by Gasteiger charge is 2.29. The molecular formula is C50H82N14O9. The van der Waals surface area contributed by atoms with Gasteiger partial charge in [-0.15, -0.1) is 49.4 Å². The zero-order valence-corrected chi connectivity index (χ0v) is 42.2. The number of amides is 9. The minimum absolute atomic E-state index is 0.0525. The Labute approximate surface area is 431 Å². The van der Waals surface area contributed by atoms with E-state index in [-0.39, 0.29) is 83.5 Å². The summed E-state index contributed by atoms with van der Waals surface area (Å²) < 4.78 is 0. The Morgan fingerprint density at radius 3 is 1.05 bits per heavy atom. The van der Waals surface area contributed by atoms with Crippen LogP contribution in [0.5, 0.6) is 0 Å². The second kappa shape index (κ2) is 40.8. The van der Waals surface area contributed by atoms with E-state index in [0.717, 1.165) is 0 Å². The van der Waals surface area contributed by atoms with Gasteiger partial charge >= 0.3 is 0 Å². The summed E-state index contributed by atoms with van der Waals surface area (Å²) in [5.74, 6) is 4.45. The molecule has 0 aliphatic heterocycles. The van der Waals surface area contributed by atoms with Crippen LogP contribution in [0.2, 0.25) is 0 Å². The van der Waals surface area contributed by atoms with Crippen LogP contribution in [0.25, 0.3) is 0 Å². The normalized spacial score (nSPS) is 13.9. The smallest absolute Gasteiger partial charge is 0.243 e. The van der Waals surface area contributed by atoms with Gasteiger partial charge < -0.3 is 76.9 Å². The number of terminal acetylenes is 4. The van der Waals surface area contributed by atoms with E-state index in [9.17, 15) is 43.2 Å². The molecule has 0 aromatic carbocycles. The summed E-state index contributed by atoms with van der Waals surface area (Å²) in [6.45, 7) is 1.22. The van der Waals surface area contributed by atoms with Gasteiger partial charge in [0.25, 0.3) is 0 Å². The number of rotatable bonds is 41. The molecule has 0 aromatic heterocycles. The highest BCUT2D eigenvalue weighted by atomic mass is 16.2. The van der Waals surface area contributed by atoms with Gasteiger partial charge in [0.15, 0.2) is 0 Å². The summed E-state index contributed by atoms with van der Waals surface area (Å²) in [5, 5.41) is 21.7. The molecule has 406 valence electrons. The maximum atomic E-state index is 13.9. The van der Waals surface area contributed by atoms with Crippen LogP contribution in [0, 0.1) is 49.4 Å². The van der Waals surface area contributed by atoms with E-state index >= 15 is 0 Å². The van der Waals surface area contributed by atoms with Crippen molar-refractivity contribution >= 4 is 53.2 Å². The van der Waals surface area contributed by atoms with Crippen LogP contribution in [-0.2, 0) is 43.2 Å². The quantitative estimate of drug-likeness (QED) is 0.0209. The number of carbonyl (C=O) groups is 9. The number of carbonyl (C=O) groups excluding carboxylic acids is 9. The molecule has 0 aliphatic rings. The Kier molecular flexibility index (Phi) is 37.1. The molecule has 0 radical (unpaired) electrons. The number of hydrogen-bond donors (Lipinski definition) is 14. The molecule has 73 heavy (non-hydrogen) atoms. The Morgan fingerprint density at radius 1 is 0.370 bits per heavy atom. The average molecular weight is 1020 g/mol. The molecule has 0 spiro atoms. The molecule has 23 heteroatoms. The van der Waals surface area contributed by atoms with Gasteiger partial charge in [-0.3, -0.25) is 43.2 Å². The maximum absolute atomic E-state index is 13.9. The Balaban J connectivity index is 5.95. The first kappa shape index (κ1) is 66.3. The van der Waals surface area contributed by atoms with E-state index in [1.165, 1.54) is 0 Å². The van der Waals surface area contributed by atoms with Gasteiger partial charge in [0.05, 0.1) is 24.2 Å². The molecule has 0 aliphatic carbocycles. The van der Waals surface area contributed by atoms with Gasteiger partial charge in [0.2, 0.25) is 53.2 Å². The second-order valence-corrected chi connectivity index (χ2v) is 17.5. The van der Waals surface area contributed by atoms with E-state index < -0.39 is 95.6 Å². The molecule has 0 bridgehead atoms. The van der Waals surface area contributed by atoms with Crippen molar-refractivity contribution in [2.75, 3.05) is 32.7 Å². The van der Waals surface area contributed by atoms with Gasteiger partial charge in [-0.25, -0.2) is 0 Å². The van der Waals surface area contributed by atoms with Crippen molar-refractivity contribution in [3.8, 4) is 49.4 Å². The first-order valence-corrected chi connectivity index (χ1v) is 24.9. The van der Waals surface area contributed by atoms with Gasteiger partial charge in [0.1, 0.15) is 24.2 Å². The lowest BCUT2D eigenvalue weighted by Gasteiger charge is -2.24. The minimum atomic E-state index is -1.16. The van der Waals surface area contributed by atoms with Gasteiger partial charge in [-0.1, -0.05) is 6.42 Å². The van der Waals surface area contributed by atoms with Crippen LogP contribution in [0.1, 0.15) is 128 Å². The topological polar surface area (TPSA) is 406 Å². The van der Waals surface area contributed by atoms with Crippen molar-refractivity contribution in [3.63, 3.8) is 0 Å². The summed E-state index contributed by atoms with van der Waals surface area (Å²) in [6.07, 6.45) is 27.1. The molecule has 23 nitrogen and oxygen atoms in total. The molecule has 0 saturated heterocycles. The van der Waals surface area contributed by atoms with Gasteiger partial charge in [-0.05, 0) is 96.4 Å². The Bertz CT molecular complexity index is 1920. The van der Waals surface area contributed by atoms with E-state index in [0.29, 0.717) is 83.6 Å².